The zero-order valence-corrected chi connectivity index (χ0v) is 11.7. The normalized spacial score (nSPS) is 13.6. The molecule has 0 bridgehead atoms. The molecule has 1 aromatic rings. The predicted octanol–water partition coefficient (Wildman–Crippen LogP) is 2.31. The quantitative estimate of drug-likeness (QED) is 0.907. The molecule has 0 radical (unpaired) electrons. The van der Waals surface area contributed by atoms with Crippen LogP contribution in [0.15, 0.2) is 23.1 Å². The minimum absolute atomic E-state index is 0.00604. The van der Waals surface area contributed by atoms with Crippen LogP contribution in [0, 0.1) is 0 Å². The van der Waals surface area contributed by atoms with Crippen molar-refractivity contribution in [3.63, 3.8) is 0 Å². The van der Waals surface area contributed by atoms with E-state index in [1.807, 2.05) is 0 Å². The number of ether oxygens (including phenoxy) is 1. The molecule has 0 saturated carbocycles. The SMILES string of the molecule is COCC(C)NS(=O)(=O)c1ccc(Cl)cc1Cl. The van der Waals surface area contributed by atoms with Crippen molar-refractivity contribution in [2.24, 2.45) is 0 Å². The van der Waals surface area contributed by atoms with Gasteiger partial charge in [0.05, 0.1) is 11.6 Å². The Bertz CT molecular complexity index is 490. The van der Waals surface area contributed by atoms with Gasteiger partial charge in [-0.05, 0) is 25.1 Å². The number of halogens is 2. The van der Waals surface area contributed by atoms with Crippen molar-refractivity contribution in [3.05, 3.63) is 28.2 Å². The average Bonchev–Trinajstić information content (AvgIpc) is 2.15. The first-order chi connectivity index (χ1) is 7.86. The van der Waals surface area contributed by atoms with Gasteiger partial charge in [-0.15, -0.1) is 0 Å². The maximum Gasteiger partial charge on any atom is 0.242 e. The smallest absolute Gasteiger partial charge is 0.242 e. The minimum atomic E-state index is -3.65. The number of methoxy groups -OCH3 is 1. The molecule has 1 unspecified atom stereocenters. The van der Waals surface area contributed by atoms with Gasteiger partial charge in [0.25, 0.3) is 0 Å². The summed E-state index contributed by atoms with van der Waals surface area (Å²) in [6.07, 6.45) is 0. The van der Waals surface area contributed by atoms with Gasteiger partial charge >= 0.3 is 0 Å². The largest absolute Gasteiger partial charge is 0.383 e. The molecule has 1 aromatic carbocycles. The van der Waals surface area contributed by atoms with Gasteiger partial charge in [-0.25, -0.2) is 13.1 Å². The van der Waals surface area contributed by atoms with Gasteiger partial charge in [0.1, 0.15) is 4.90 Å². The van der Waals surface area contributed by atoms with E-state index < -0.39 is 10.0 Å². The predicted molar refractivity (Wildman–Crippen MR) is 68.1 cm³/mol. The molecule has 4 nitrogen and oxygen atoms in total. The fraction of sp³-hybridized carbons (Fsp3) is 0.400. The van der Waals surface area contributed by atoms with Crippen LogP contribution in [0.5, 0.6) is 0 Å². The summed E-state index contributed by atoms with van der Waals surface area (Å²) >= 11 is 11.5. The van der Waals surface area contributed by atoms with Crippen molar-refractivity contribution in [1.29, 1.82) is 0 Å². The number of rotatable bonds is 5. The summed E-state index contributed by atoms with van der Waals surface area (Å²) in [6, 6.07) is 3.89. The first-order valence-corrected chi connectivity index (χ1v) is 7.07. The van der Waals surface area contributed by atoms with E-state index in [0.717, 1.165) is 0 Å². The van der Waals surface area contributed by atoms with E-state index in [0.29, 0.717) is 5.02 Å². The lowest BCUT2D eigenvalue weighted by atomic mass is 10.4. The highest BCUT2D eigenvalue weighted by Gasteiger charge is 2.20. The molecule has 0 fully saturated rings. The van der Waals surface area contributed by atoms with Crippen LogP contribution in [-0.2, 0) is 14.8 Å². The lowest BCUT2D eigenvalue weighted by Gasteiger charge is -2.14. The Labute approximate surface area is 111 Å². The fourth-order valence-electron chi connectivity index (χ4n) is 1.31. The Morgan fingerprint density at radius 1 is 1.41 bits per heavy atom. The van der Waals surface area contributed by atoms with Crippen LogP contribution in [0.1, 0.15) is 6.92 Å². The lowest BCUT2D eigenvalue weighted by Crippen LogP contribution is -2.35. The Morgan fingerprint density at radius 2 is 2.06 bits per heavy atom. The van der Waals surface area contributed by atoms with Crippen LogP contribution < -0.4 is 4.72 Å². The topological polar surface area (TPSA) is 55.4 Å². The standard InChI is InChI=1S/C10H13Cl2NO3S/c1-7(6-16-2)13-17(14,15)10-4-3-8(11)5-9(10)12/h3-5,7,13H,6H2,1-2H3. The van der Waals surface area contributed by atoms with Gasteiger partial charge in [-0.3, -0.25) is 0 Å². The molecule has 0 spiro atoms. The summed E-state index contributed by atoms with van der Waals surface area (Å²) in [5.74, 6) is 0. The van der Waals surface area contributed by atoms with Crippen LogP contribution in [0.25, 0.3) is 0 Å². The molecule has 17 heavy (non-hydrogen) atoms. The van der Waals surface area contributed by atoms with Crippen molar-refractivity contribution in [2.45, 2.75) is 17.9 Å². The maximum atomic E-state index is 12.0. The summed E-state index contributed by atoms with van der Waals surface area (Å²) in [5.41, 5.74) is 0. The van der Waals surface area contributed by atoms with Gasteiger partial charge in [-0.1, -0.05) is 23.2 Å². The Hall–Kier alpha value is -0.330. The minimum Gasteiger partial charge on any atom is -0.383 e. The van der Waals surface area contributed by atoms with Crippen LogP contribution in [0.3, 0.4) is 0 Å². The molecule has 1 rings (SSSR count). The molecule has 0 heterocycles. The summed E-state index contributed by atoms with van der Waals surface area (Å²) in [5, 5.41) is 0.480. The van der Waals surface area contributed by atoms with Crippen LogP contribution in [0.2, 0.25) is 10.0 Å². The monoisotopic (exact) mass is 297 g/mol. The molecule has 7 heteroatoms. The highest BCUT2D eigenvalue weighted by Crippen LogP contribution is 2.24. The van der Waals surface area contributed by atoms with Crippen LogP contribution >= 0.6 is 23.2 Å². The maximum absolute atomic E-state index is 12.0. The number of hydrogen-bond acceptors (Lipinski definition) is 3. The molecule has 0 aliphatic rings. The second-order valence-corrected chi connectivity index (χ2v) is 6.08. The van der Waals surface area contributed by atoms with Gasteiger partial charge in [0, 0.05) is 18.2 Å². The molecular weight excluding hydrogens is 285 g/mol. The van der Waals surface area contributed by atoms with E-state index in [-0.39, 0.29) is 22.6 Å². The van der Waals surface area contributed by atoms with Gasteiger partial charge in [-0.2, -0.15) is 0 Å². The molecule has 1 N–H and O–H groups in total. The average molecular weight is 298 g/mol. The molecule has 0 aliphatic carbocycles. The molecule has 0 aromatic heterocycles. The number of nitrogens with one attached hydrogen (secondary N) is 1. The number of sulfonamides is 1. The Morgan fingerprint density at radius 3 is 2.59 bits per heavy atom. The van der Waals surface area contributed by atoms with Crippen molar-refractivity contribution >= 4 is 33.2 Å². The molecular formula is C10H13Cl2NO3S. The van der Waals surface area contributed by atoms with E-state index in [4.69, 9.17) is 27.9 Å². The zero-order chi connectivity index (χ0) is 13.1. The molecule has 0 aliphatic heterocycles. The molecule has 96 valence electrons. The number of benzene rings is 1. The molecule has 0 amide bonds. The fourth-order valence-corrected chi connectivity index (χ4v) is 3.31. The summed E-state index contributed by atoms with van der Waals surface area (Å²) < 4.78 is 31.2. The molecule has 1 atom stereocenters. The lowest BCUT2D eigenvalue weighted by molar-refractivity contribution is 0.180. The van der Waals surface area contributed by atoms with Crippen molar-refractivity contribution < 1.29 is 13.2 Å². The first kappa shape index (κ1) is 14.7. The Kier molecular flexibility index (Phi) is 5.22. The third kappa shape index (κ3) is 4.12. The highest BCUT2D eigenvalue weighted by molar-refractivity contribution is 7.89. The van der Waals surface area contributed by atoms with Gasteiger partial charge in [0.2, 0.25) is 10.0 Å². The van der Waals surface area contributed by atoms with E-state index in [2.05, 4.69) is 4.72 Å². The van der Waals surface area contributed by atoms with Gasteiger partial charge < -0.3 is 4.74 Å². The third-order valence-corrected chi connectivity index (χ3v) is 4.26. The molecule has 0 saturated heterocycles. The van der Waals surface area contributed by atoms with Crippen molar-refractivity contribution in [1.82, 2.24) is 4.72 Å². The highest BCUT2D eigenvalue weighted by atomic mass is 35.5. The van der Waals surface area contributed by atoms with Crippen LogP contribution in [-0.4, -0.2) is 28.2 Å². The van der Waals surface area contributed by atoms with E-state index in [1.54, 1.807) is 6.92 Å². The van der Waals surface area contributed by atoms with Crippen molar-refractivity contribution in [2.75, 3.05) is 13.7 Å². The second-order valence-electron chi connectivity index (χ2n) is 3.55. The second kappa shape index (κ2) is 6.02. The van der Waals surface area contributed by atoms with E-state index >= 15 is 0 Å². The first-order valence-electron chi connectivity index (χ1n) is 4.83. The van der Waals surface area contributed by atoms with Gasteiger partial charge in [0.15, 0.2) is 0 Å². The summed E-state index contributed by atoms with van der Waals surface area (Å²) in [6.45, 7) is 1.98. The van der Waals surface area contributed by atoms with Crippen molar-refractivity contribution in [3.8, 4) is 0 Å². The summed E-state index contributed by atoms with van der Waals surface area (Å²) in [4.78, 5) is 0.00604. The Balaban J connectivity index is 2.97. The van der Waals surface area contributed by atoms with Crippen LogP contribution in [0.4, 0.5) is 0 Å². The number of hydrogen-bond donors (Lipinski definition) is 1. The summed E-state index contributed by atoms with van der Waals surface area (Å²) in [7, 11) is -2.15. The van der Waals surface area contributed by atoms with E-state index in [9.17, 15) is 8.42 Å². The van der Waals surface area contributed by atoms with E-state index in [1.165, 1.54) is 25.3 Å². The zero-order valence-electron chi connectivity index (χ0n) is 9.41. The third-order valence-electron chi connectivity index (χ3n) is 1.96.